The molecule has 2 aliphatic rings. The number of carbonyl (C=O) groups excluding carboxylic acids is 1. The van der Waals surface area contributed by atoms with Gasteiger partial charge in [-0.3, -0.25) is 9.78 Å². The highest BCUT2D eigenvalue weighted by atomic mass is 16.5. The van der Waals surface area contributed by atoms with Crippen molar-refractivity contribution in [3.05, 3.63) is 30.1 Å². The number of pyridine rings is 1. The van der Waals surface area contributed by atoms with E-state index in [1.165, 1.54) is 0 Å². The van der Waals surface area contributed by atoms with E-state index in [4.69, 9.17) is 9.47 Å². The van der Waals surface area contributed by atoms with E-state index < -0.39 is 12.2 Å². The van der Waals surface area contributed by atoms with E-state index in [0.29, 0.717) is 31.4 Å². The van der Waals surface area contributed by atoms with Crippen LogP contribution in [0, 0.1) is 0 Å². The molecule has 0 spiro atoms. The number of ether oxygens (including phenoxy) is 2. The van der Waals surface area contributed by atoms with E-state index in [9.17, 15) is 9.90 Å². The first-order chi connectivity index (χ1) is 10.2. The SMILES string of the molecule is O=C(NC[C@H]1OC[C@@H](NC2COC2)[C@@H]1O)c1ccncc1. The van der Waals surface area contributed by atoms with Crippen LogP contribution in [0.2, 0.25) is 0 Å². The zero-order chi connectivity index (χ0) is 14.7. The highest BCUT2D eigenvalue weighted by molar-refractivity contribution is 5.93. The van der Waals surface area contributed by atoms with Crippen LogP contribution in [0.4, 0.5) is 0 Å². The third-order valence-electron chi connectivity index (χ3n) is 3.78. The molecule has 0 aromatic carbocycles. The van der Waals surface area contributed by atoms with Crippen LogP contribution in [0.15, 0.2) is 24.5 Å². The van der Waals surface area contributed by atoms with Crippen LogP contribution in [-0.2, 0) is 9.47 Å². The van der Waals surface area contributed by atoms with Gasteiger partial charge >= 0.3 is 0 Å². The number of rotatable bonds is 5. The van der Waals surface area contributed by atoms with Gasteiger partial charge in [-0.05, 0) is 12.1 Å². The Balaban J connectivity index is 1.46. The van der Waals surface area contributed by atoms with Gasteiger partial charge in [-0.2, -0.15) is 0 Å². The lowest BCUT2D eigenvalue weighted by atomic mass is 10.1. The topological polar surface area (TPSA) is 92.7 Å². The Labute approximate surface area is 122 Å². The Morgan fingerprint density at radius 1 is 1.33 bits per heavy atom. The number of aliphatic hydroxyl groups is 1. The second-order valence-electron chi connectivity index (χ2n) is 5.32. The molecule has 0 saturated carbocycles. The molecule has 0 aliphatic carbocycles. The van der Waals surface area contributed by atoms with Crippen molar-refractivity contribution in [2.24, 2.45) is 0 Å². The number of carbonyl (C=O) groups is 1. The van der Waals surface area contributed by atoms with Gasteiger partial charge in [-0.1, -0.05) is 0 Å². The summed E-state index contributed by atoms with van der Waals surface area (Å²) in [7, 11) is 0. The predicted octanol–water partition coefficient (Wildman–Crippen LogP) is -1.07. The van der Waals surface area contributed by atoms with Crippen LogP contribution < -0.4 is 10.6 Å². The third kappa shape index (κ3) is 3.38. The minimum Gasteiger partial charge on any atom is -0.389 e. The Morgan fingerprint density at radius 3 is 2.76 bits per heavy atom. The summed E-state index contributed by atoms with van der Waals surface area (Å²) >= 11 is 0. The summed E-state index contributed by atoms with van der Waals surface area (Å²) in [5.74, 6) is -0.197. The molecule has 114 valence electrons. The van der Waals surface area contributed by atoms with E-state index in [-0.39, 0.29) is 18.5 Å². The Kier molecular flexibility index (Phi) is 4.45. The summed E-state index contributed by atoms with van der Waals surface area (Å²) in [5, 5.41) is 16.3. The lowest BCUT2D eigenvalue weighted by molar-refractivity contribution is -0.0165. The van der Waals surface area contributed by atoms with Crippen molar-refractivity contribution in [1.29, 1.82) is 0 Å². The summed E-state index contributed by atoms with van der Waals surface area (Å²) in [4.78, 5) is 15.8. The molecule has 1 aromatic heterocycles. The van der Waals surface area contributed by atoms with Crippen molar-refractivity contribution in [2.45, 2.75) is 24.3 Å². The van der Waals surface area contributed by atoms with Crippen LogP contribution in [0.1, 0.15) is 10.4 Å². The highest BCUT2D eigenvalue weighted by Crippen LogP contribution is 2.16. The minimum atomic E-state index is -0.636. The van der Waals surface area contributed by atoms with Crippen molar-refractivity contribution in [3.8, 4) is 0 Å². The van der Waals surface area contributed by atoms with Crippen LogP contribution >= 0.6 is 0 Å². The largest absolute Gasteiger partial charge is 0.389 e. The number of nitrogens with one attached hydrogen (secondary N) is 2. The second-order valence-corrected chi connectivity index (χ2v) is 5.32. The van der Waals surface area contributed by atoms with Crippen molar-refractivity contribution >= 4 is 5.91 Å². The van der Waals surface area contributed by atoms with Gasteiger partial charge in [0.1, 0.15) is 6.10 Å². The van der Waals surface area contributed by atoms with Gasteiger partial charge in [0.05, 0.1) is 38.0 Å². The second kappa shape index (κ2) is 6.48. The van der Waals surface area contributed by atoms with Gasteiger partial charge in [0, 0.05) is 24.5 Å². The summed E-state index contributed by atoms with van der Waals surface area (Å²) in [6.45, 7) is 2.06. The summed E-state index contributed by atoms with van der Waals surface area (Å²) < 4.78 is 10.6. The molecule has 3 rings (SSSR count). The van der Waals surface area contributed by atoms with E-state index in [1.54, 1.807) is 24.5 Å². The van der Waals surface area contributed by atoms with Gasteiger partial charge in [0.15, 0.2) is 0 Å². The number of amides is 1. The molecule has 0 radical (unpaired) electrons. The number of nitrogens with zero attached hydrogens (tertiary/aromatic N) is 1. The van der Waals surface area contributed by atoms with Gasteiger partial charge in [-0.25, -0.2) is 0 Å². The zero-order valence-electron chi connectivity index (χ0n) is 11.6. The van der Waals surface area contributed by atoms with Gasteiger partial charge < -0.3 is 25.2 Å². The maximum Gasteiger partial charge on any atom is 0.251 e. The molecule has 2 aliphatic heterocycles. The fraction of sp³-hybridized carbons (Fsp3) is 0.571. The molecule has 2 saturated heterocycles. The average Bonchev–Trinajstić information content (AvgIpc) is 2.82. The van der Waals surface area contributed by atoms with Crippen LogP contribution in [0.5, 0.6) is 0 Å². The molecule has 7 nitrogen and oxygen atoms in total. The zero-order valence-corrected chi connectivity index (χ0v) is 11.6. The Bertz CT molecular complexity index is 480. The van der Waals surface area contributed by atoms with E-state index in [0.717, 1.165) is 0 Å². The molecule has 0 unspecified atom stereocenters. The molecule has 3 heterocycles. The first-order valence-electron chi connectivity index (χ1n) is 7.06. The molecular weight excluding hydrogens is 274 g/mol. The average molecular weight is 293 g/mol. The fourth-order valence-electron chi connectivity index (χ4n) is 2.44. The lowest BCUT2D eigenvalue weighted by Crippen LogP contribution is -2.54. The molecule has 1 aromatic rings. The number of aromatic nitrogens is 1. The molecule has 21 heavy (non-hydrogen) atoms. The van der Waals surface area contributed by atoms with Gasteiger partial charge in [0.2, 0.25) is 0 Å². The maximum atomic E-state index is 11.9. The third-order valence-corrected chi connectivity index (χ3v) is 3.78. The summed E-state index contributed by atoms with van der Waals surface area (Å²) in [6.07, 6.45) is 2.10. The first-order valence-corrected chi connectivity index (χ1v) is 7.06. The van der Waals surface area contributed by atoms with Gasteiger partial charge in [-0.15, -0.1) is 0 Å². The summed E-state index contributed by atoms with van der Waals surface area (Å²) in [5.41, 5.74) is 0.541. The normalized spacial score (nSPS) is 29.1. The van der Waals surface area contributed by atoms with Crippen molar-refractivity contribution in [2.75, 3.05) is 26.4 Å². The monoisotopic (exact) mass is 293 g/mol. The number of hydrogen-bond donors (Lipinski definition) is 3. The lowest BCUT2D eigenvalue weighted by Gasteiger charge is -2.30. The molecule has 2 fully saturated rings. The first kappa shape index (κ1) is 14.4. The molecular formula is C14H19N3O4. The molecule has 7 heteroatoms. The predicted molar refractivity (Wildman–Crippen MR) is 73.8 cm³/mol. The Hall–Kier alpha value is -1.54. The molecule has 3 atom stereocenters. The standard InChI is InChI=1S/C14H19N3O4/c18-13-11(17-10-6-20-7-10)8-21-12(13)5-16-14(19)9-1-3-15-4-2-9/h1-4,10-13,17-18H,5-8H2,(H,16,19)/t11-,12-,13+/m1/s1. The minimum absolute atomic E-state index is 0.110. The quantitative estimate of drug-likeness (QED) is 0.640. The van der Waals surface area contributed by atoms with Crippen molar-refractivity contribution in [1.82, 2.24) is 15.6 Å². The molecule has 0 bridgehead atoms. The van der Waals surface area contributed by atoms with Crippen molar-refractivity contribution in [3.63, 3.8) is 0 Å². The van der Waals surface area contributed by atoms with E-state index in [1.807, 2.05) is 0 Å². The van der Waals surface area contributed by atoms with Crippen molar-refractivity contribution < 1.29 is 19.4 Å². The molecule has 3 N–H and O–H groups in total. The Morgan fingerprint density at radius 2 is 2.10 bits per heavy atom. The smallest absolute Gasteiger partial charge is 0.251 e. The van der Waals surface area contributed by atoms with Crippen LogP contribution in [0.25, 0.3) is 0 Å². The number of hydrogen-bond acceptors (Lipinski definition) is 6. The highest BCUT2D eigenvalue weighted by Gasteiger charge is 2.38. The van der Waals surface area contributed by atoms with Gasteiger partial charge in [0.25, 0.3) is 5.91 Å². The maximum absolute atomic E-state index is 11.9. The van der Waals surface area contributed by atoms with E-state index >= 15 is 0 Å². The van der Waals surface area contributed by atoms with Crippen LogP contribution in [0.3, 0.4) is 0 Å². The summed E-state index contributed by atoms with van der Waals surface area (Å²) in [6, 6.07) is 3.46. The number of aliphatic hydroxyl groups excluding tert-OH is 1. The fourth-order valence-corrected chi connectivity index (χ4v) is 2.44. The molecule has 1 amide bonds. The van der Waals surface area contributed by atoms with Crippen LogP contribution in [-0.4, -0.2) is 66.7 Å². The van der Waals surface area contributed by atoms with E-state index in [2.05, 4.69) is 15.6 Å².